The number of aryl methyl sites for hydroxylation is 1. The number of hydrogen-bond donors (Lipinski definition) is 2. The maximum Gasteiger partial charge on any atom is 0.336 e. The molecule has 0 atom stereocenters. The number of imidazole rings is 1. The van der Waals surface area contributed by atoms with Crippen molar-refractivity contribution in [3.63, 3.8) is 0 Å². The average molecular weight is 469 g/mol. The number of benzene rings is 4. The Balaban J connectivity index is 1.46. The molecule has 0 spiro atoms. The Bertz CT molecular complexity index is 1520. The van der Waals surface area contributed by atoms with Crippen LogP contribution in [0.1, 0.15) is 21.5 Å². The number of halogens is 1. The minimum Gasteiger partial charge on any atom is -0.478 e. The highest BCUT2D eigenvalue weighted by atomic mass is 35.5. The summed E-state index contributed by atoms with van der Waals surface area (Å²) in [5, 5.41) is 10.0. The molecule has 0 aliphatic rings. The minimum absolute atomic E-state index is 0.204. The Labute approximate surface area is 201 Å². The van der Waals surface area contributed by atoms with Gasteiger partial charge in [0.25, 0.3) is 6.01 Å². The fourth-order valence-corrected chi connectivity index (χ4v) is 4.24. The van der Waals surface area contributed by atoms with Crippen LogP contribution in [0.15, 0.2) is 78.9 Å². The molecule has 1 heterocycles. The third kappa shape index (κ3) is 4.14. The number of aromatic nitrogens is 2. The molecular weight excluding hydrogens is 448 g/mol. The second-order valence-electron chi connectivity index (χ2n) is 8.15. The van der Waals surface area contributed by atoms with Gasteiger partial charge in [0.05, 0.1) is 21.6 Å². The zero-order chi connectivity index (χ0) is 23.8. The molecule has 6 heteroatoms. The van der Waals surface area contributed by atoms with Gasteiger partial charge in [-0.25, -0.2) is 4.79 Å². The van der Waals surface area contributed by atoms with Crippen molar-refractivity contribution in [3.05, 3.63) is 101 Å². The van der Waals surface area contributed by atoms with Crippen LogP contribution in [-0.4, -0.2) is 21.0 Å². The highest BCUT2D eigenvalue weighted by Gasteiger charge is 2.15. The van der Waals surface area contributed by atoms with E-state index < -0.39 is 5.97 Å². The second kappa shape index (κ2) is 8.69. The first-order valence-corrected chi connectivity index (χ1v) is 11.1. The van der Waals surface area contributed by atoms with Crippen molar-refractivity contribution in [3.8, 4) is 34.0 Å². The van der Waals surface area contributed by atoms with Gasteiger partial charge in [0.15, 0.2) is 0 Å². The van der Waals surface area contributed by atoms with Crippen molar-refractivity contribution < 1.29 is 14.6 Å². The van der Waals surface area contributed by atoms with Crippen molar-refractivity contribution in [2.45, 2.75) is 13.8 Å². The quantitative estimate of drug-likeness (QED) is 0.277. The summed E-state index contributed by atoms with van der Waals surface area (Å²) in [5.41, 5.74) is 7.30. The van der Waals surface area contributed by atoms with Crippen molar-refractivity contribution in [2.24, 2.45) is 0 Å². The fraction of sp³-hybridized carbons (Fsp3) is 0.0714. The zero-order valence-electron chi connectivity index (χ0n) is 18.6. The SMILES string of the molecule is Cc1cc(Oc2nc3cc(-c4ccc(-c5ccccc5)cc4)c(Cl)cc3[nH]2)cc(C(=O)O)c1C. The number of nitrogens with one attached hydrogen (secondary N) is 1. The third-order valence-electron chi connectivity index (χ3n) is 5.94. The van der Waals surface area contributed by atoms with E-state index in [9.17, 15) is 9.90 Å². The summed E-state index contributed by atoms with van der Waals surface area (Å²) in [6, 6.07) is 25.7. The van der Waals surface area contributed by atoms with E-state index in [2.05, 4.69) is 34.2 Å². The van der Waals surface area contributed by atoms with Gasteiger partial charge >= 0.3 is 5.97 Å². The maximum atomic E-state index is 11.5. The van der Waals surface area contributed by atoms with Gasteiger partial charge in [-0.15, -0.1) is 0 Å². The summed E-state index contributed by atoms with van der Waals surface area (Å²) in [7, 11) is 0. The normalized spacial score (nSPS) is 11.0. The molecule has 5 rings (SSSR count). The molecule has 4 aromatic carbocycles. The Kier molecular flexibility index (Phi) is 5.56. The van der Waals surface area contributed by atoms with Crippen LogP contribution in [0.25, 0.3) is 33.3 Å². The van der Waals surface area contributed by atoms with Crippen molar-refractivity contribution in [1.29, 1.82) is 0 Å². The van der Waals surface area contributed by atoms with Gasteiger partial charge in [-0.2, -0.15) is 4.98 Å². The predicted molar refractivity (Wildman–Crippen MR) is 135 cm³/mol. The predicted octanol–water partition coefficient (Wildman–Crippen LogP) is 7.66. The Morgan fingerprint density at radius 1 is 0.912 bits per heavy atom. The van der Waals surface area contributed by atoms with Crippen molar-refractivity contribution >= 4 is 28.6 Å². The van der Waals surface area contributed by atoms with E-state index in [1.165, 1.54) is 6.07 Å². The molecule has 2 N–H and O–H groups in total. The van der Waals surface area contributed by atoms with Crippen LogP contribution in [0.2, 0.25) is 5.02 Å². The average Bonchev–Trinajstić information content (AvgIpc) is 3.22. The van der Waals surface area contributed by atoms with Crippen LogP contribution in [-0.2, 0) is 0 Å². The minimum atomic E-state index is -0.995. The molecule has 0 aliphatic heterocycles. The smallest absolute Gasteiger partial charge is 0.336 e. The van der Waals surface area contributed by atoms with Crippen LogP contribution in [0.4, 0.5) is 0 Å². The van der Waals surface area contributed by atoms with Crippen molar-refractivity contribution in [1.82, 2.24) is 9.97 Å². The molecule has 0 saturated carbocycles. The molecule has 0 amide bonds. The van der Waals surface area contributed by atoms with E-state index in [4.69, 9.17) is 16.3 Å². The molecule has 5 aromatic rings. The molecule has 5 nitrogen and oxygen atoms in total. The number of aromatic amines is 1. The number of carboxylic acid groups (broad SMARTS) is 1. The highest BCUT2D eigenvalue weighted by molar-refractivity contribution is 6.34. The molecule has 168 valence electrons. The van der Waals surface area contributed by atoms with Crippen molar-refractivity contribution in [2.75, 3.05) is 0 Å². The summed E-state index contributed by atoms with van der Waals surface area (Å²) in [6.45, 7) is 3.63. The number of nitrogens with zero attached hydrogens (tertiary/aromatic N) is 1. The van der Waals surface area contributed by atoms with Gasteiger partial charge in [-0.1, -0.05) is 66.2 Å². The number of hydrogen-bond acceptors (Lipinski definition) is 3. The maximum absolute atomic E-state index is 11.5. The number of carbonyl (C=O) groups is 1. The monoisotopic (exact) mass is 468 g/mol. The zero-order valence-corrected chi connectivity index (χ0v) is 19.4. The molecule has 0 radical (unpaired) electrons. The van der Waals surface area contributed by atoms with Gasteiger partial charge in [-0.3, -0.25) is 0 Å². The largest absolute Gasteiger partial charge is 0.478 e. The lowest BCUT2D eigenvalue weighted by atomic mass is 10.00. The fourth-order valence-electron chi connectivity index (χ4n) is 3.97. The lowest BCUT2D eigenvalue weighted by molar-refractivity contribution is 0.0695. The molecule has 0 unspecified atom stereocenters. The number of aromatic carboxylic acids is 1. The van der Waals surface area contributed by atoms with E-state index in [0.29, 0.717) is 21.9 Å². The topological polar surface area (TPSA) is 75.2 Å². The number of rotatable bonds is 5. The molecule has 1 aromatic heterocycles. The molecule has 0 aliphatic carbocycles. The first-order chi connectivity index (χ1) is 16.4. The van der Waals surface area contributed by atoms with Gasteiger partial charge in [0, 0.05) is 5.56 Å². The van der Waals surface area contributed by atoms with Crippen LogP contribution >= 0.6 is 11.6 Å². The van der Waals surface area contributed by atoms with E-state index in [1.54, 1.807) is 13.0 Å². The van der Waals surface area contributed by atoms with Crippen LogP contribution in [0, 0.1) is 13.8 Å². The standard InChI is InChI=1S/C28H21ClN2O3/c1-16-12-21(13-22(17(16)2)27(32)33)34-28-30-25-14-23(24(29)15-26(25)31-28)20-10-8-19(9-11-20)18-6-4-3-5-7-18/h3-15H,1-2H3,(H,30,31)(H,32,33). The van der Waals surface area contributed by atoms with E-state index >= 15 is 0 Å². The summed E-state index contributed by atoms with van der Waals surface area (Å²) < 4.78 is 5.87. The molecular formula is C28H21ClN2O3. The molecule has 34 heavy (non-hydrogen) atoms. The van der Waals surface area contributed by atoms with Gasteiger partial charge in [0.2, 0.25) is 0 Å². The van der Waals surface area contributed by atoms with Gasteiger partial charge in [0.1, 0.15) is 5.75 Å². The van der Waals surface area contributed by atoms with E-state index in [0.717, 1.165) is 33.3 Å². The first kappa shape index (κ1) is 21.7. The summed E-state index contributed by atoms with van der Waals surface area (Å²) in [4.78, 5) is 19.2. The number of H-pyrrole nitrogens is 1. The van der Waals surface area contributed by atoms with E-state index in [-0.39, 0.29) is 11.6 Å². The van der Waals surface area contributed by atoms with Crippen LogP contribution in [0.3, 0.4) is 0 Å². The van der Waals surface area contributed by atoms with E-state index in [1.807, 2.05) is 49.4 Å². The lowest BCUT2D eigenvalue weighted by Gasteiger charge is -2.08. The Morgan fingerprint density at radius 3 is 2.29 bits per heavy atom. The summed E-state index contributed by atoms with van der Waals surface area (Å²) in [6.07, 6.45) is 0. The van der Waals surface area contributed by atoms with Crippen LogP contribution < -0.4 is 4.74 Å². The number of ether oxygens (including phenoxy) is 1. The lowest BCUT2D eigenvalue weighted by Crippen LogP contribution is -2.02. The summed E-state index contributed by atoms with van der Waals surface area (Å²) >= 11 is 6.60. The molecule has 0 bridgehead atoms. The molecule has 0 fully saturated rings. The highest BCUT2D eigenvalue weighted by Crippen LogP contribution is 2.34. The third-order valence-corrected chi connectivity index (χ3v) is 6.25. The number of fused-ring (bicyclic) bond motifs is 1. The number of carboxylic acids is 1. The molecule has 0 saturated heterocycles. The van der Waals surface area contributed by atoms with Gasteiger partial charge < -0.3 is 14.8 Å². The first-order valence-electron chi connectivity index (χ1n) is 10.8. The summed E-state index contributed by atoms with van der Waals surface area (Å²) in [5.74, 6) is -0.590. The Morgan fingerprint density at radius 2 is 1.59 bits per heavy atom. The second-order valence-corrected chi connectivity index (χ2v) is 8.56. The van der Waals surface area contributed by atoms with Gasteiger partial charge in [-0.05, 0) is 65.9 Å². The Hall–Kier alpha value is -4.09. The van der Waals surface area contributed by atoms with Crippen LogP contribution in [0.5, 0.6) is 11.8 Å².